The Labute approximate surface area is 113 Å². The van der Waals surface area contributed by atoms with Crippen molar-refractivity contribution < 1.29 is 0 Å². The first-order valence-corrected chi connectivity index (χ1v) is 6.09. The van der Waals surface area contributed by atoms with Gasteiger partial charge in [0.05, 0.1) is 0 Å². The fourth-order valence-corrected chi connectivity index (χ4v) is 2.71. The Hall–Kier alpha value is -0.920. The normalized spacial score (nSPS) is 21.8. The predicted octanol–water partition coefficient (Wildman–Crippen LogP) is 4.00. The van der Waals surface area contributed by atoms with Crippen molar-refractivity contribution in [1.82, 2.24) is 4.90 Å². The summed E-state index contributed by atoms with van der Waals surface area (Å²) in [6, 6.07) is 8.27. The summed E-state index contributed by atoms with van der Waals surface area (Å²) in [5.41, 5.74) is 2.85. The Kier molecular flexibility index (Phi) is 3.80. The lowest BCUT2D eigenvalue weighted by Gasteiger charge is -2.23. The molecule has 0 spiro atoms. The van der Waals surface area contributed by atoms with Crippen molar-refractivity contribution >= 4 is 24.0 Å². The molecule has 2 aliphatic rings. The van der Waals surface area contributed by atoms with E-state index in [1.165, 1.54) is 24.2 Å². The zero-order valence-electron chi connectivity index (χ0n) is 9.47. The molecule has 2 heterocycles. The minimum atomic E-state index is 0. The highest BCUT2D eigenvalue weighted by molar-refractivity contribution is 6.30. The maximum atomic E-state index is 5.92. The highest BCUT2D eigenvalue weighted by Gasteiger charge is 2.28. The second-order valence-corrected chi connectivity index (χ2v) is 4.79. The molecule has 0 aliphatic carbocycles. The first-order valence-electron chi connectivity index (χ1n) is 5.72. The summed E-state index contributed by atoms with van der Waals surface area (Å²) >= 11 is 5.92. The molecule has 1 aromatic carbocycles. The topological polar surface area (TPSA) is 3.24 Å². The van der Waals surface area contributed by atoms with Crippen LogP contribution in [0, 0.1) is 0 Å². The van der Waals surface area contributed by atoms with E-state index in [1.54, 1.807) is 0 Å². The Balaban J connectivity index is 0.00000108. The van der Waals surface area contributed by atoms with E-state index < -0.39 is 0 Å². The fraction of sp³-hybridized carbons (Fsp3) is 0.286. The van der Waals surface area contributed by atoms with Gasteiger partial charge < -0.3 is 4.90 Å². The molecule has 0 N–H and O–H groups in total. The van der Waals surface area contributed by atoms with Gasteiger partial charge in [0.1, 0.15) is 0 Å². The van der Waals surface area contributed by atoms with Gasteiger partial charge in [-0.3, -0.25) is 0 Å². The number of benzene rings is 1. The third kappa shape index (κ3) is 2.36. The Morgan fingerprint density at radius 3 is 2.71 bits per heavy atom. The lowest BCUT2D eigenvalue weighted by molar-refractivity contribution is 0.430. The molecule has 1 fully saturated rings. The lowest BCUT2D eigenvalue weighted by atomic mass is 9.95. The smallest absolute Gasteiger partial charge is 0.0406 e. The maximum Gasteiger partial charge on any atom is 0.0406 e. The van der Waals surface area contributed by atoms with Crippen molar-refractivity contribution in [3.63, 3.8) is 0 Å². The van der Waals surface area contributed by atoms with Crippen molar-refractivity contribution in [3.8, 4) is 0 Å². The van der Waals surface area contributed by atoms with Gasteiger partial charge in [-0.05, 0) is 30.2 Å². The molecule has 2 aliphatic heterocycles. The van der Waals surface area contributed by atoms with E-state index in [4.69, 9.17) is 11.6 Å². The maximum absolute atomic E-state index is 5.92. The molecule has 1 saturated heterocycles. The van der Waals surface area contributed by atoms with Gasteiger partial charge >= 0.3 is 0 Å². The van der Waals surface area contributed by atoms with E-state index >= 15 is 0 Å². The van der Waals surface area contributed by atoms with Crippen molar-refractivity contribution in [2.45, 2.75) is 12.3 Å². The third-order valence-corrected chi connectivity index (χ3v) is 3.66. The van der Waals surface area contributed by atoms with E-state index in [9.17, 15) is 0 Å². The van der Waals surface area contributed by atoms with Crippen molar-refractivity contribution in [3.05, 3.63) is 58.8 Å². The predicted molar refractivity (Wildman–Crippen MR) is 74.9 cm³/mol. The molecule has 0 radical (unpaired) electrons. The number of nitrogens with zero attached hydrogens (tertiary/aromatic N) is 1. The quantitative estimate of drug-likeness (QED) is 0.744. The number of allylic oxidation sites excluding steroid dienone is 3. The molecule has 0 amide bonds. The molecule has 1 aromatic rings. The molecule has 1 atom stereocenters. The van der Waals surface area contributed by atoms with Crippen LogP contribution in [0.15, 0.2) is 48.2 Å². The van der Waals surface area contributed by atoms with Crippen LogP contribution in [-0.4, -0.2) is 18.0 Å². The molecular weight excluding hydrogens is 253 g/mol. The van der Waals surface area contributed by atoms with Crippen molar-refractivity contribution in [2.75, 3.05) is 13.1 Å². The molecule has 3 rings (SSSR count). The summed E-state index contributed by atoms with van der Waals surface area (Å²) in [5.74, 6) is 0.558. The van der Waals surface area contributed by atoms with Gasteiger partial charge in [0.25, 0.3) is 0 Å². The molecule has 1 nitrogen and oxygen atoms in total. The minimum absolute atomic E-state index is 0. The first kappa shape index (κ1) is 12.5. The van der Waals surface area contributed by atoms with Crippen LogP contribution in [0.5, 0.6) is 0 Å². The van der Waals surface area contributed by atoms with Crippen LogP contribution in [0.3, 0.4) is 0 Å². The molecule has 90 valence electrons. The Morgan fingerprint density at radius 1 is 1.18 bits per heavy atom. The average molecular weight is 268 g/mol. The molecule has 0 saturated carbocycles. The second kappa shape index (κ2) is 5.16. The molecule has 0 bridgehead atoms. The van der Waals surface area contributed by atoms with E-state index in [2.05, 4.69) is 35.3 Å². The van der Waals surface area contributed by atoms with Gasteiger partial charge in [0, 0.05) is 29.7 Å². The van der Waals surface area contributed by atoms with Crippen LogP contribution in [0.1, 0.15) is 17.9 Å². The van der Waals surface area contributed by atoms with Gasteiger partial charge in [0.2, 0.25) is 0 Å². The van der Waals surface area contributed by atoms with Crippen molar-refractivity contribution in [2.24, 2.45) is 0 Å². The highest BCUT2D eigenvalue weighted by atomic mass is 35.5. The Bertz CT molecular complexity index is 448. The summed E-state index contributed by atoms with van der Waals surface area (Å²) in [5, 5.41) is 0.816. The number of hydrogen-bond acceptors (Lipinski definition) is 1. The highest BCUT2D eigenvalue weighted by Crippen LogP contribution is 2.37. The minimum Gasteiger partial charge on any atom is -0.371 e. The van der Waals surface area contributed by atoms with Crippen LogP contribution >= 0.6 is 24.0 Å². The summed E-state index contributed by atoms with van der Waals surface area (Å²) in [7, 11) is 0. The van der Waals surface area contributed by atoms with Gasteiger partial charge in [-0.15, -0.1) is 12.4 Å². The van der Waals surface area contributed by atoms with Crippen LogP contribution in [0.4, 0.5) is 0 Å². The van der Waals surface area contributed by atoms with Crippen molar-refractivity contribution in [1.29, 1.82) is 0 Å². The van der Waals surface area contributed by atoms with Crippen LogP contribution in [0.25, 0.3) is 0 Å². The van der Waals surface area contributed by atoms with Gasteiger partial charge in [0.15, 0.2) is 0 Å². The zero-order chi connectivity index (χ0) is 11.0. The number of hydrogen-bond donors (Lipinski definition) is 0. The van der Waals surface area contributed by atoms with Crippen LogP contribution < -0.4 is 0 Å². The molecule has 0 aromatic heterocycles. The van der Waals surface area contributed by atoms with E-state index in [0.29, 0.717) is 5.92 Å². The SMILES string of the molecule is Cl.Clc1ccc(C2CCN3CC=CC=C23)cc1. The van der Waals surface area contributed by atoms with E-state index in [0.717, 1.165) is 11.6 Å². The van der Waals surface area contributed by atoms with Gasteiger partial charge in [-0.1, -0.05) is 35.9 Å². The van der Waals surface area contributed by atoms with Gasteiger partial charge in [-0.2, -0.15) is 0 Å². The molecule has 17 heavy (non-hydrogen) atoms. The zero-order valence-corrected chi connectivity index (χ0v) is 11.0. The average Bonchev–Trinajstić information content (AvgIpc) is 2.74. The molecule has 3 heteroatoms. The summed E-state index contributed by atoms with van der Waals surface area (Å²) in [4.78, 5) is 2.46. The molecule has 1 unspecified atom stereocenters. The fourth-order valence-electron chi connectivity index (χ4n) is 2.59. The molecular formula is C14H15Cl2N. The second-order valence-electron chi connectivity index (χ2n) is 4.36. The first-order chi connectivity index (χ1) is 7.84. The largest absolute Gasteiger partial charge is 0.371 e. The van der Waals surface area contributed by atoms with E-state index in [-0.39, 0.29) is 12.4 Å². The van der Waals surface area contributed by atoms with Crippen LogP contribution in [-0.2, 0) is 0 Å². The van der Waals surface area contributed by atoms with Crippen LogP contribution in [0.2, 0.25) is 5.02 Å². The van der Waals surface area contributed by atoms with E-state index in [1.807, 2.05) is 12.1 Å². The monoisotopic (exact) mass is 267 g/mol. The van der Waals surface area contributed by atoms with Gasteiger partial charge in [-0.25, -0.2) is 0 Å². The number of halogens is 2. The summed E-state index contributed by atoms with van der Waals surface area (Å²) < 4.78 is 0. The lowest BCUT2D eigenvalue weighted by Crippen LogP contribution is -2.20. The number of fused-ring (bicyclic) bond motifs is 1. The third-order valence-electron chi connectivity index (χ3n) is 3.41. The standard InChI is InChI=1S/C14H14ClN.ClH/c15-12-6-4-11(5-7-12)13-8-10-16-9-2-1-3-14(13)16;/h1-7,13H,8-10H2;1H. The Morgan fingerprint density at radius 2 is 1.94 bits per heavy atom. The summed E-state index contributed by atoms with van der Waals surface area (Å²) in [6.45, 7) is 2.24. The number of rotatable bonds is 1. The summed E-state index contributed by atoms with van der Waals surface area (Å²) in [6.07, 6.45) is 7.85.